The maximum atomic E-state index is 11.7. The van der Waals surface area contributed by atoms with Crippen LogP contribution in [0, 0.1) is 17.3 Å². The summed E-state index contributed by atoms with van der Waals surface area (Å²) in [5.74, 6) is 1.36. The number of carbonyl (C=O) groups is 2. The van der Waals surface area contributed by atoms with Crippen LogP contribution in [0.15, 0.2) is 42.5 Å². The molecule has 0 spiro atoms. The Kier molecular flexibility index (Phi) is 6.85. The number of carbonyl (C=O) groups excluding carboxylic acids is 2. The second kappa shape index (κ2) is 8.73. The summed E-state index contributed by atoms with van der Waals surface area (Å²) in [6.07, 6.45) is 1.67. The standard InChI is InChI=1S/C13H15NO3.C10H18/c1-2-12(15)14-11(9-17-13(14)16)8-10-6-4-3-5-7-10;1-7-6-10(4,5)9(3)8(7)2/h3-7,11H,2,8-9H2,1H3;8-9H,1,6H2,2-5H3/t11-;/m1./s1. The summed E-state index contributed by atoms with van der Waals surface area (Å²) in [6.45, 7) is 15.4. The molecule has 0 radical (unpaired) electrons. The number of hydrogen-bond donors (Lipinski definition) is 0. The van der Waals surface area contributed by atoms with Crippen molar-refractivity contribution in [3.05, 3.63) is 48.0 Å². The molecular weight excluding hydrogens is 338 g/mol. The van der Waals surface area contributed by atoms with Crippen LogP contribution in [0.25, 0.3) is 0 Å². The molecular formula is C23H33NO3. The third kappa shape index (κ3) is 5.00. The van der Waals surface area contributed by atoms with Gasteiger partial charge in [-0.05, 0) is 35.7 Å². The highest BCUT2D eigenvalue weighted by molar-refractivity contribution is 5.93. The number of allylic oxidation sites excluding steroid dienone is 1. The highest BCUT2D eigenvalue weighted by Crippen LogP contribution is 2.48. The molecule has 3 rings (SSSR count). The summed E-state index contributed by atoms with van der Waals surface area (Å²) in [5.41, 5.74) is 3.04. The van der Waals surface area contributed by atoms with E-state index < -0.39 is 6.09 Å². The SMILES string of the molecule is C=C1CC(C)(C)C(C)C1C.CCC(=O)N1C(=O)OC[C@H]1Cc1ccccc1. The lowest BCUT2D eigenvalue weighted by atomic mass is 9.81. The minimum atomic E-state index is -0.516. The van der Waals surface area contributed by atoms with E-state index in [1.165, 1.54) is 16.9 Å². The number of hydrogen-bond acceptors (Lipinski definition) is 3. The Morgan fingerprint density at radius 3 is 2.33 bits per heavy atom. The van der Waals surface area contributed by atoms with Gasteiger partial charge in [-0.1, -0.05) is 77.1 Å². The minimum absolute atomic E-state index is 0.169. The van der Waals surface area contributed by atoms with Gasteiger partial charge in [0.05, 0.1) is 6.04 Å². The van der Waals surface area contributed by atoms with Crippen molar-refractivity contribution < 1.29 is 14.3 Å². The Hall–Kier alpha value is -2.10. The summed E-state index contributed by atoms with van der Waals surface area (Å²) in [4.78, 5) is 24.4. The van der Waals surface area contributed by atoms with E-state index in [-0.39, 0.29) is 11.9 Å². The Morgan fingerprint density at radius 2 is 1.89 bits per heavy atom. The maximum absolute atomic E-state index is 11.7. The fraction of sp³-hybridized carbons (Fsp3) is 0.565. The zero-order valence-corrected chi connectivity index (χ0v) is 17.3. The second-order valence-electron chi connectivity index (χ2n) is 8.44. The van der Waals surface area contributed by atoms with Crippen LogP contribution in [-0.4, -0.2) is 29.5 Å². The van der Waals surface area contributed by atoms with Gasteiger partial charge in [-0.15, -0.1) is 0 Å². The smallest absolute Gasteiger partial charge is 0.416 e. The first-order valence-corrected chi connectivity index (χ1v) is 9.87. The number of ether oxygens (including phenoxy) is 1. The average molecular weight is 372 g/mol. The molecule has 0 N–H and O–H groups in total. The van der Waals surface area contributed by atoms with E-state index in [2.05, 4.69) is 34.3 Å². The normalized spacial score (nSPS) is 26.4. The number of amides is 2. The van der Waals surface area contributed by atoms with E-state index in [9.17, 15) is 9.59 Å². The molecule has 1 heterocycles. The molecule has 1 saturated heterocycles. The van der Waals surface area contributed by atoms with Gasteiger partial charge in [0.2, 0.25) is 5.91 Å². The first kappa shape index (κ1) is 21.2. The van der Waals surface area contributed by atoms with Crippen molar-refractivity contribution in [2.45, 2.75) is 59.9 Å². The molecule has 1 aliphatic heterocycles. The van der Waals surface area contributed by atoms with Gasteiger partial charge in [-0.3, -0.25) is 4.79 Å². The zero-order valence-electron chi connectivity index (χ0n) is 17.3. The minimum Gasteiger partial charge on any atom is -0.447 e. The third-order valence-electron chi connectivity index (χ3n) is 6.16. The molecule has 3 atom stereocenters. The predicted molar refractivity (Wildman–Crippen MR) is 108 cm³/mol. The molecule has 2 aliphatic rings. The molecule has 4 nitrogen and oxygen atoms in total. The van der Waals surface area contributed by atoms with Crippen molar-refractivity contribution >= 4 is 12.0 Å². The molecule has 1 aromatic rings. The van der Waals surface area contributed by atoms with Gasteiger partial charge >= 0.3 is 6.09 Å². The van der Waals surface area contributed by atoms with E-state index in [0.717, 1.165) is 17.4 Å². The third-order valence-corrected chi connectivity index (χ3v) is 6.16. The van der Waals surface area contributed by atoms with Crippen molar-refractivity contribution in [3.63, 3.8) is 0 Å². The Bertz CT molecular complexity index is 680. The fourth-order valence-electron chi connectivity index (χ4n) is 3.91. The quantitative estimate of drug-likeness (QED) is 0.683. The molecule has 148 valence electrons. The van der Waals surface area contributed by atoms with E-state index in [1.54, 1.807) is 6.92 Å². The molecule has 4 heteroatoms. The molecule has 27 heavy (non-hydrogen) atoms. The van der Waals surface area contributed by atoms with Gasteiger partial charge in [-0.25, -0.2) is 9.69 Å². The highest BCUT2D eigenvalue weighted by atomic mass is 16.6. The summed E-state index contributed by atoms with van der Waals surface area (Å²) in [5, 5.41) is 0. The van der Waals surface area contributed by atoms with Crippen molar-refractivity contribution in [3.8, 4) is 0 Å². The van der Waals surface area contributed by atoms with Crippen LogP contribution in [0.2, 0.25) is 0 Å². The number of imide groups is 1. The van der Waals surface area contributed by atoms with E-state index >= 15 is 0 Å². The number of nitrogens with zero attached hydrogens (tertiary/aromatic N) is 1. The molecule has 2 amide bonds. The van der Waals surface area contributed by atoms with Crippen LogP contribution in [0.5, 0.6) is 0 Å². The van der Waals surface area contributed by atoms with Crippen molar-refractivity contribution in [2.75, 3.05) is 6.61 Å². The summed E-state index contributed by atoms with van der Waals surface area (Å²) in [6, 6.07) is 9.62. The maximum Gasteiger partial charge on any atom is 0.416 e. The molecule has 1 saturated carbocycles. The van der Waals surface area contributed by atoms with Crippen LogP contribution < -0.4 is 0 Å². The Labute approximate surface area is 163 Å². The molecule has 0 aromatic heterocycles. The van der Waals surface area contributed by atoms with E-state index in [4.69, 9.17) is 4.74 Å². The summed E-state index contributed by atoms with van der Waals surface area (Å²) >= 11 is 0. The Balaban J connectivity index is 0.000000223. The number of rotatable bonds is 3. The Morgan fingerprint density at radius 1 is 1.26 bits per heavy atom. The average Bonchev–Trinajstić information content (AvgIpc) is 3.08. The van der Waals surface area contributed by atoms with Crippen LogP contribution in [0.1, 0.15) is 53.0 Å². The fourth-order valence-corrected chi connectivity index (χ4v) is 3.91. The predicted octanol–water partition coefficient (Wildman–Crippen LogP) is 5.23. The van der Waals surface area contributed by atoms with Crippen molar-refractivity contribution in [1.29, 1.82) is 0 Å². The highest BCUT2D eigenvalue weighted by Gasteiger charge is 2.38. The largest absolute Gasteiger partial charge is 0.447 e. The van der Waals surface area contributed by atoms with Gasteiger partial charge < -0.3 is 4.74 Å². The van der Waals surface area contributed by atoms with E-state index in [0.29, 0.717) is 24.9 Å². The number of cyclic esters (lactones) is 1. The van der Waals surface area contributed by atoms with Crippen molar-refractivity contribution in [1.82, 2.24) is 4.90 Å². The lowest BCUT2D eigenvalue weighted by Crippen LogP contribution is -2.39. The number of benzene rings is 1. The van der Waals surface area contributed by atoms with Crippen molar-refractivity contribution in [2.24, 2.45) is 17.3 Å². The first-order chi connectivity index (χ1) is 12.7. The van der Waals surface area contributed by atoms with Gasteiger partial charge in [-0.2, -0.15) is 0 Å². The van der Waals surface area contributed by atoms with Crippen LogP contribution in [0.4, 0.5) is 4.79 Å². The van der Waals surface area contributed by atoms with Gasteiger partial charge in [0.25, 0.3) is 0 Å². The topological polar surface area (TPSA) is 46.6 Å². The zero-order chi connectivity index (χ0) is 20.2. The molecule has 1 aromatic carbocycles. The van der Waals surface area contributed by atoms with E-state index in [1.807, 2.05) is 30.3 Å². The van der Waals surface area contributed by atoms with Gasteiger partial charge in [0, 0.05) is 6.42 Å². The van der Waals surface area contributed by atoms with Gasteiger partial charge in [0.15, 0.2) is 0 Å². The molecule has 1 aliphatic carbocycles. The van der Waals surface area contributed by atoms with Crippen LogP contribution in [0.3, 0.4) is 0 Å². The monoisotopic (exact) mass is 371 g/mol. The molecule has 2 unspecified atom stereocenters. The molecule has 2 fully saturated rings. The lowest BCUT2D eigenvalue weighted by molar-refractivity contribution is -0.128. The van der Waals surface area contributed by atoms with Gasteiger partial charge in [0.1, 0.15) is 6.61 Å². The first-order valence-electron chi connectivity index (χ1n) is 9.87. The lowest BCUT2D eigenvalue weighted by Gasteiger charge is -2.24. The molecule has 0 bridgehead atoms. The summed E-state index contributed by atoms with van der Waals surface area (Å²) in [7, 11) is 0. The second-order valence-corrected chi connectivity index (χ2v) is 8.44. The van der Waals surface area contributed by atoms with Crippen LogP contribution >= 0.6 is 0 Å². The summed E-state index contributed by atoms with van der Waals surface area (Å²) < 4.78 is 4.94. The van der Waals surface area contributed by atoms with Crippen LogP contribution in [-0.2, 0) is 16.0 Å².